The van der Waals surface area contributed by atoms with Crippen LogP contribution >= 0.6 is 0 Å². The molecule has 0 aromatic heterocycles. The van der Waals surface area contributed by atoms with Gasteiger partial charge in [-0.3, -0.25) is 4.79 Å². The zero-order valence-corrected chi connectivity index (χ0v) is 12.8. The second-order valence-corrected chi connectivity index (χ2v) is 7.40. The van der Waals surface area contributed by atoms with E-state index in [4.69, 9.17) is 0 Å². The van der Waals surface area contributed by atoms with Crippen molar-refractivity contribution in [2.24, 2.45) is 17.8 Å². The highest BCUT2D eigenvalue weighted by Crippen LogP contribution is 2.43. The lowest BCUT2D eigenvalue weighted by atomic mass is 9.67. The fraction of sp³-hybridized carbons (Fsp3) is 0.882. The van der Waals surface area contributed by atoms with Crippen LogP contribution < -0.4 is 5.32 Å². The number of rotatable bonds is 3. The molecule has 3 atom stereocenters. The Kier molecular flexibility index (Phi) is 4.23. The molecule has 4 nitrogen and oxygen atoms in total. The van der Waals surface area contributed by atoms with E-state index in [1.54, 1.807) is 0 Å². The van der Waals surface area contributed by atoms with Crippen molar-refractivity contribution in [1.82, 2.24) is 5.32 Å². The van der Waals surface area contributed by atoms with Crippen LogP contribution in [0.25, 0.3) is 0 Å². The maximum absolute atomic E-state index is 12.6. The summed E-state index contributed by atoms with van der Waals surface area (Å²) in [5.74, 6) is 0.722. The van der Waals surface area contributed by atoms with E-state index in [9.17, 15) is 14.7 Å². The molecule has 3 unspecified atom stereocenters. The molecule has 4 heteroatoms. The Labute approximate surface area is 126 Å². The Hall–Kier alpha value is -1.06. The average Bonchev–Trinajstić information content (AvgIpc) is 2.96. The minimum atomic E-state index is -0.972. The van der Waals surface area contributed by atoms with Gasteiger partial charge in [-0.05, 0) is 43.9 Å². The molecule has 0 aromatic rings. The van der Waals surface area contributed by atoms with Crippen molar-refractivity contribution < 1.29 is 14.7 Å². The summed E-state index contributed by atoms with van der Waals surface area (Å²) >= 11 is 0. The molecule has 0 spiro atoms. The number of carboxylic acid groups (broad SMARTS) is 1. The molecule has 3 aliphatic rings. The zero-order chi connectivity index (χ0) is 14.9. The third-order valence-electron chi connectivity index (χ3n) is 6.14. The third kappa shape index (κ3) is 2.95. The number of hydrogen-bond donors (Lipinski definition) is 2. The maximum atomic E-state index is 12.6. The molecule has 3 rings (SSSR count). The van der Waals surface area contributed by atoms with Crippen molar-refractivity contribution in [1.29, 1.82) is 0 Å². The summed E-state index contributed by atoms with van der Waals surface area (Å²) in [6.45, 7) is 0. The van der Waals surface area contributed by atoms with Gasteiger partial charge in [0, 0.05) is 5.92 Å². The Morgan fingerprint density at radius 1 is 0.905 bits per heavy atom. The molecule has 0 radical (unpaired) electrons. The molecule has 118 valence electrons. The first-order chi connectivity index (χ1) is 10.1. The quantitative estimate of drug-likeness (QED) is 0.840. The number of nitrogens with one attached hydrogen (secondary N) is 1. The van der Waals surface area contributed by atoms with Crippen molar-refractivity contribution in [3.63, 3.8) is 0 Å². The number of aliphatic carboxylic acids is 1. The number of carbonyl (C=O) groups excluding carboxylic acids is 1. The van der Waals surface area contributed by atoms with Crippen LogP contribution in [-0.4, -0.2) is 22.5 Å². The summed E-state index contributed by atoms with van der Waals surface area (Å²) in [7, 11) is 0. The molecule has 0 aromatic carbocycles. The number of carboxylic acids is 1. The molecule has 0 saturated heterocycles. The largest absolute Gasteiger partial charge is 0.480 e. The highest BCUT2D eigenvalue weighted by atomic mass is 16.4. The normalized spacial score (nSPS) is 35.0. The van der Waals surface area contributed by atoms with Crippen molar-refractivity contribution in [3.05, 3.63) is 0 Å². The zero-order valence-electron chi connectivity index (χ0n) is 12.8. The topological polar surface area (TPSA) is 66.4 Å². The Balaban J connectivity index is 1.61. The third-order valence-corrected chi connectivity index (χ3v) is 6.14. The fourth-order valence-corrected chi connectivity index (χ4v) is 4.82. The van der Waals surface area contributed by atoms with Crippen molar-refractivity contribution >= 4 is 11.9 Å². The first-order valence-corrected chi connectivity index (χ1v) is 8.66. The SMILES string of the molecule is O=C(NC1(C(=O)O)CCCC1)C1CCC2CCCCC2C1. The summed E-state index contributed by atoms with van der Waals surface area (Å²) in [5.41, 5.74) is -0.972. The van der Waals surface area contributed by atoms with E-state index in [-0.39, 0.29) is 11.8 Å². The molecule has 3 aliphatic carbocycles. The fourth-order valence-electron chi connectivity index (χ4n) is 4.82. The minimum Gasteiger partial charge on any atom is -0.480 e. The van der Waals surface area contributed by atoms with Crippen LogP contribution in [0.15, 0.2) is 0 Å². The van der Waals surface area contributed by atoms with Crippen molar-refractivity contribution in [3.8, 4) is 0 Å². The lowest BCUT2D eigenvalue weighted by Gasteiger charge is -2.39. The van der Waals surface area contributed by atoms with E-state index >= 15 is 0 Å². The summed E-state index contributed by atoms with van der Waals surface area (Å²) in [6.07, 6.45) is 11.3. The summed E-state index contributed by atoms with van der Waals surface area (Å²) in [6, 6.07) is 0. The highest BCUT2D eigenvalue weighted by Gasteiger charge is 2.44. The molecular formula is C17H27NO3. The molecule has 0 bridgehead atoms. The number of carbonyl (C=O) groups is 2. The van der Waals surface area contributed by atoms with Crippen LogP contribution in [0.5, 0.6) is 0 Å². The van der Waals surface area contributed by atoms with Gasteiger partial charge < -0.3 is 10.4 Å². The molecule has 3 fully saturated rings. The van der Waals surface area contributed by atoms with Crippen molar-refractivity contribution in [2.45, 2.75) is 76.2 Å². The van der Waals surface area contributed by atoms with Crippen LogP contribution in [0.2, 0.25) is 0 Å². The number of amides is 1. The van der Waals surface area contributed by atoms with E-state index in [0.29, 0.717) is 18.8 Å². The van der Waals surface area contributed by atoms with Gasteiger partial charge >= 0.3 is 5.97 Å². The standard InChI is InChI=1S/C17H27NO3/c19-15(18-17(16(20)21)9-3-4-10-17)14-8-7-12-5-1-2-6-13(12)11-14/h12-14H,1-11H2,(H,18,19)(H,20,21). The highest BCUT2D eigenvalue weighted by molar-refractivity contribution is 5.88. The lowest BCUT2D eigenvalue weighted by Crippen LogP contribution is -2.54. The minimum absolute atomic E-state index is 0.00308. The van der Waals surface area contributed by atoms with Gasteiger partial charge in [-0.2, -0.15) is 0 Å². The van der Waals surface area contributed by atoms with Crippen LogP contribution in [0.3, 0.4) is 0 Å². The molecule has 3 saturated carbocycles. The predicted molar refractivity (Wildman–Crippen MR) is 79.8 cm³/mol. The van der Waals surface area contributed by atoms with Gasteiger partial charge in [-0.1, -0.05) is 38.5 Å². The summed E-state index contributed by atoms with van der Waals surface area (Å²) < 4.78 is 0. The van der Waals surface area contributed by atoms with Gasteiger partial charge in [0.25, 0.3) is 0 Å². The van der Waals surface area contributed by atoms with Crippen molar-refractivity contribution in [2.75, 3.05) is 0 Å². The van der Waals surface area contributed by atoms with Gasteiger partial charge in [0.2, 0.25) is 5.91 Å². The second-order valence-electron chi connectivity index (χ2n) is 7.40. The van der Waals surface area contributed by atoms with E-state index in [0.717, 1.165) is 38.0 Å². The van der Waals surface area contributed by atoms with Gasteiger partial charge in [0.1, 0.15) is 5.54 Å². The van der Waals surface area contributed by atoms with Gasteiger partial charge in [-0.25, -0.2) is 4.79 Å². The smallest absolute Gasteiger partial charge is 0.329 e. The van der Waals surface area contributed by atoms with Gasteiger partial charge in [-0.15, -0.1) is 0 Å². The Bertz CT molecular complexity index is 414. The first-order valence-electron chi connectivity index (χ1n) is 8.66. The Morgan fingerprint density at radius 2 is 1.57 bits per heavy atom. The van der Waals surface area contributed by atoms with E-state index in [1.807, 2.05) is 0 Å². The van der Waals surface area contributed by atoms with E-state index < -0.39 is 11.5 Å². The Morgan fingerprint density at radius 3 is 2.24 bits per heavy atom. The van der Waals surface area contributed by atoms with E-state index in [2.05, 4.69) is 5.32 Å². The van der Waals surface area contributed by atoms with Crippen LogP contribution in [-0.2, 0) is 9.59 Å². The van der Waals surface area contributed by atoms with Gasteiger partial charge in [0.05, 0.1) is 0 Å². The van der Waals surface area contributed by atoms with Gasteiger partial charge in [0.15, 0.2) is 0 Å². The lowest BCUT2D eigenvalue weighted by molar-refractivity contribution is -0.148. The summed E-state index contributed by atoms with van der Waals surface area (Å²) in [4.78, 5) is 24.1. The molecule has 1 amide bonds. The molecule has 2 N–H and O–H groups in total. The van der Waals surface area contributed by atoms with Crippen LogP contribution in [0, 0.1) is 17.8 Å². The second kappa shape index (κ2) is 5.98. The predicted octanol–water partition coefficient (Wildman–Crippen LogP) is 3.11. The maximum Gasteiger partial charge on any atom is 0.329 e. The summed E-state index contributed by atoms with van der Waals surface area (Å²) in [5, 5.41) is 12.4. The monoisotopic (exact) mass is 293 g/mol. The van der Waals surface area contributed by atoms with E-state index in [1.165, 1.54) is 25.7 Å². The van der Waals surface area contributed by atoms with Crippen LogP contribution in [0.4, 0.5) is 0 Å². The number of fused-ring (bicyclic) bond motifs is 1. The molecule has 0 aliphatic heterocycles. The molecule has 0 heterocycles. The molecule has 21 heavy (non-hydrogen) atoms. The first kappa shape index (κ1) is 14.9. The van der Waals surface area contributed by atoms with Crippen LogP contribution in [0.1, 0.15) is 70.6 Å². The average molecular weight is 293 g/mol. The number of hydrogen-bond acceptors (Lipinski definition) is 2. The molecular weight excluding hydrogens is 266 g/mol.